The van der Waals surface area contributed by atoms with E-state index in [9.17, 15) is 4.79 Å². The molecule has 0 saturated heterocycles. The van der Waals surface area contributed by atoms with E-state index in [1.165, 1.54) is 0 Å². The number of carbonyl (C=O) groups is 1. The summed E-state index contributed by atoms with van der Waals surface area (Å²) in [6, 6.07) is 3.67. The van der Waals surface area contributed by atoms with Gasteiger partial charge in [0, 0.05) is 17.7 Å². The zero-order valence-corrected chi connectivity index (χ0v) is 11.2. The van der Waals surface area contributed by atoms with Crippen molar-refractivity contribution in [1.82, 2.24) is 0 Å². The van der Waals surface area contributed by atoms with Crippen LogP contribution in [0.15, 0.2) is 12.1 Å². The Bertz CT molecular complexity index is 470. The lowest BCUT2D eigenvalue weighted by Crippen LogP contribution is -2.15. The number of hydrogen-bond acceptors (Lipinski definition) is 3. The number of aryl methyl sites for hydroxylation is 1. The van der Waals surface area contributed by atoms with Gasteiger partial charge in [0.1, 0.15) is 0 Å². The third-order valence-corrected chi connectivity index (χ3v) is 3.43. The van der Waals surface area contributed by atoms with Gasteiger partial charge in [0.2, 0.25) is 5.91 Å². The quantitative estimate of drug-likeness (QED) is 0.892. The molecular formula is C14H19NO3. The summed E-state index contributed by atoms with van der Waals surface area (Å²) >= 11 is 0. The van der Waals surface area contributed by atoms with Gasteiger partial charge in [-0.3, -0.25) is 4.79 Å². The number of methoxy groups -OCH3 is 2. The summed E-state index contributed by atoms with van der Waals surface area (Å²) in [6.45, 7) is 4.03. The molecule has 1 N–H and O–H groups in total. The number of benzene rings is 1. The number of ether oxygens (including phenoxy) is 2. The van der Waals surface area contributed by atoms with Gasteiger partial charge in [0.25, 0.3) is 0 Å². The maximum absolute atomic E-state index is 11.9. The van der Waals surface area contributed by atoms with Gasteiger partial charge in [-0.2, -0.15) is 0 Å². The molecule has 1 aromatic rings. The second kappa shape index (κ2) is 4.88. The van der Waals surface area contributed by atoms with Crippen molar-refractivity contribution in [2.45, 2.75) is 20.3 Å². The van der Waals surface area contributed by atoms with E-state index in [2.05, 4.69) is 12.2 Å². The van der Waals surface area contributed by atoms with E-state index < -0.39 is 0 Å². The van der Waals surface area contributed by atoms with Gasteiger partial charge in [0.05, 0.1) is 14.2 Å². The van der Waals surface area contributed by atoms with E-state index in [1.807, 2.05) is 13.0 Å². The van der Waals surface area contributed by atoms with E-state index in [4.69, 9.17) is 9.47 Å². The summed E-state index contributed by atoms with van der Waals surface area (Å²) in [6.07, 6.45) is 0.984. The lowest BCUT2D eigenvalue weighted by Gasteiger charge is -2.13. The fraction of sp³-hybridized carbons (Fsp3) is 0.500. The zero-order valence-electron chi connectivity index (χ0n) is 11.2. The Morgan fingerprint density at radius 1 is 1.28 bits per heavy atom. The van der Waals surface area contributed by atoms with E-state index in [0.717, 1.165) is 17.7 Å². The molecule has 0 aromatic heterocycles. The van der Waals surface area contributed by atoms with Crippen LogP contribution in [-0.4, -0.2) is 20.1 Å². The highest BCUT2D eigenvalue weighted by atomic mass is 16.5. The molecule has 4 heteroatoms. The molecule has 2 atom stereocenters. The van der Waals surface area contributed by atoms with Crippen molar-refractivity contribution in [3.8, 4) is 11.5 Å². The van der Waals surface area contributed by atoms with Crippen LogP contribution in [0.2, 0.25) is 0 Å². The molecule has 0 bridgehead atoms. The number of anilines is 1. The SMILES string of the molecule is COc1cc(C)c(NC(=O)[C@H]2C[C@@H]2C)cc1OC. The molecule has 1 aromatic carbocycles. The Morgan fingerprint density at radius 2 is 1.83 bits per heavy atom. The number of carbonyl (C=O) groups excluding carboxylic acids is 1. The van der Waals surface area contributed by atoms with Crippen LogP contribution in [0.4, 0.5) is 5.69 Å². The van der Waals surface area contributed by atoms with Gasteiger partial charge in [-0.25, -0.2) is 0 Å². The van der Waals surface area contributed by atoms with Crippen LogP contribution in [0, 0.1) is 18.8 Å². The van der Waals surface area contributed by atoms with Crippen molar-refractivity contribution in [2.24, 2.45) is 11.8 Å². The van der Waals surface area contributed by atoms with Gasteiger partial charge in [0.15, 0.2) is 11.5 Å². The van der Waals surface area contributed by atoms with E-state index >= 15 is 0 Å². The Morgan fingerprint density at radius 3 is 2.33 bits per heavy atom. The highest BCUT2D eigenvalue weighted by molar-refractivity contribution is 5.95. The minimum atomic E-state index is 0.0952. The third kappa shape index (κ3) is 2.42. The second-order valence-electron chi connectivity index (χ2n) is 4.83. The van der Waals surface area contributed by atoms with Crippen molar-refractivity contribution in [2.75, 3.05) is 19.5 Å². The summed E-state index contributed by atoms with van der Waals surface area (Å²) in [7, 11) is 3.18. The summed E-state index contributed by atoms with van der Waals surface area (Å²) in [5.74, 6) is 2.07. The predicted molar refractivity (Wildman–Crippen MR) is 70.2 cm³/mol. The molecule has 0 aliphatic heterocycles. The first kappa shape index (κ1) is 12.7. The highest BCUT2D eigenvalue weighted by Gasteiger charge is 2.39. The molecule has 2 rings (SSSR count). The smallest absolute Gasteiger partial charge is 0.227 e. The van der Waals surface area contributed by atoms with Crippen LogP contribution in [0.1, 0.15) is 18.9 Å². The van der Waals surface area contributed by atoms with Crippen LogP contribution >= 0.6 is 0 Å². The number of hydrogen-bond donors (Lipinski definition) is 1. The number of amides is 1. The van der Waals surface area contributed by atoms with Crippen molar-refractivity contribution >= 4 is 11.6 Å². The highest BCUT2D eigenvalue weighted by Crippen LogP contribution is 2.39. The van der Waals surface area contributed by atoms with E-state index in [0.29, 0.717) is 17.4 Å². The predicted octanol–water partition coefficient (Wildman–Crippen LogP) is 2.61. The average molecular weight is 249 g/mol. The maximum Gasteiger partial charge on any atom is 0.227 e. The first-order valence-electron chi connectivity index (χ1n) is 6.10. The second-order valence-corrected chi connectivity index (χ2v) is 4.83. The zero-order chi connectivity index (χ0) is 13.3. The monoisotopic (exact) mass is 249 g/mol. The minimum Gasteiger partial charge on any atom is -0.493 e. The molecule has 1 fully saturated rings. The largest absolute Gasteiger partial charge is 0.493 e. The van der Waals surface area contributed by atoms with Crippen molar-refractivity contribution in [1.29, 1.82) is 0 Å². The van der Waals surface area contributed by atoms with E-state index in [1.54, 1.807) is 20.3 Å². The lowest BCUT2D eigenvalue weighted by molar-refractivity contribution is -0.117. The van der Waals surface area contributed by atoms with Crippen LogP contribution < -0.4 is 14.8 Å². The Balaban J connectivity index is 2.19. The normalized spacial score (nSPS) is 21.3. The molecular weight excluding hydrogens is 230 g/mol. The van der Waals surface area contributed by atoms with Gasteiger partial charge < -0.3 is 14.8 Å². The van der Waals surface area contributed by atoms with Crippen LogP contribution in [0.25, 0.3) is 0 Å². The van der Waals surface area contributed by atoms with Crippen LogP contribution in [0.3, 0.4) is 0 Å². The molecule has 98 valence electrons. The van der Waals surface area contributed by atoms with Gasteiger partial charge in [-0.1, -0.05) is 6.92 Å². The molecule has 0 unspecified atom stereocenters. The molecule has 1 saturated carbocycles. The van der Waals surface area contributed by atoms with Gasteiger partial charge in [-0.05, 0) is 30.9 Å². The molecule has 1 aliphatic carbocycles. The Kier molecular flexibility index (Phi) is 3.45. The van der Waals surface area contributed by atoms with Gasteiger partial charge in [-0.15, -0.1) is 0 Å². The Hall–Kier alpha value is -1.71. The van der Waals surface area contributed by atoms with E-state index in [-0.39, 0.29) is 11.8 Å². The molecule has 1 amide bonds. The van der Waals surface area contributed by atoms with Crippen LogP contribution in [-0.2, 0) is 4.79 Å². The molecule has 4 nitrogen and oxygen atoms in total. The van der Waals surface area contributed by atoms with Gasteiger partial charge >= 0.3 is 0 Å². The minimum absolute atomic E-state index is 0.0952. The van der Waals surface area contributed by atoms with Crippen molar-refractivity contribution < 1.29 is 14.3 Å². The fourth-order valence-electron chi connectivity index (χ4n) is 2.03. The van der Waals surface area contributed by atoms with Crippen molar-refractivity contribution in [3.05, 3.63) is 17.7 Å². The standard InChI is InChI=1S/C14H19NO3/c1-8-5-10(8)14(16)15-11-7-13(18-4)12(17-3)6-9(11)2/h6-8,10H,5H2,1-4H3,(H,15,16)/t8-,10-/m0/s1. The summed E-state index contributed by atoms with van der Waals surface area (Å²) in [5.41, 5.74) is 1.76. The summed E-state index contributed by atoms with van der Waals surface area (Å²) < 4.78 is 10.5. The molecule has 1 aliphatic rings. The fourth-order valence-corrected chi connectivity index (χ4v) is 2.03. The molecule has 18 heavy (non-hydrogen) atoms. The Labute approximate surface area is 107 Å². The first-order valence-corrected chi connectivity index (χ1v) is 6.10. The van der Waals surface area contributed by atoms with Crippen LogP contribution in [0.5, 0.6) is 11.5 Å². The molecule has 0 spiro atoms. The lowest BCUT2D eigenvalue weighted by atomic mass is 10.1. The molecule has 0 radical (unpaired) electrons. The third-order valence-electron chi connectivity index (χ3n) is 3.43. The molecule has 0 heterocycles. The summed E-state index contributed by atoms with van der Waals surface area (Å²) in [4.78, 5) is 11.9. The topological polar surface area (TPSA) is 47.6 Å². The first-order chi connectivity index (χ1) is 8.56. The number of nitrogens with one attached hydrogen (secondary N) is 1. The number of rotatable bonds is 4. The average Bonchev–Trinajstić information content (AvgIpc) is 3.08. The maximum atomic E-state index is 11.9. The van der Waals surface area contributed by atoms with Crippen molar-refractivity contribution in [3.63, 3.8) is 0 Å². The summed E-state index contributed by atoms with van der Waals surface area (Å²) in [5, 5.41) is 2.95.